The first-order chi connectivity index (χ1) is 9.51. The van der Waals surface area contributed by atoms with Crippen molar-refractivity contribution in [2.24, 2.45) is 0 Å². The van der Waals surface area contributed by atoms with Crippen LogP contribution in [0.15, 0.2) is 6.07 Å². The molecule has 1 heterocycles. The summed E-state index contributed by atoms with van der Waals surface area (Å²) in [6.45, 7) is 6.12. The Balaban J connectivity index is 2.00. The normalized spacial score (nSPS) is 14.2. The van der Waals surface area contributed by atoms with E-state index in [0.717, 1.165) is 24.2 Å². The molecule has 6 nitrogen and oxygen atoms in total. The molecular weight excluding hydrogens is 258 g/mol. The fraction of sp³-hybridized carbons (Fsp3) is 0.643. The summed E-state index contributed by atoms with van der Waals surface area (Å²) in [4.78, 5) is 25.5. The summed E-state index contributed by atoms with van der Waals surface area (Å²) in [5, 5.41) is 4.28. The lowest BCUT2D eigenvalue weighted by Gasteiger charge is -2.21. The summed E-state index contributed by atoms with van der Waals surface area (Å²) >= 11 is 0. The van der Waals surface area contributed by atoms with Gasteiger partial charge in [-0.2, -0.15) is 5.10 Å². The maximum Gasteiger partial charge on any atom is 0.325 e. The van der Waals surface area contributed by atoms with Gasteiger partial charge in [-0.3, -0.25) is 14.3 Å². The van der Waals surface area contributed by atoms with E-state index in [1.165, 1.54) is 0 Å². The van der Waals surface area contributed by atoms with Crippen LogP contribution in [0.2, 0.25) is 0 Å². The lowest BCUT2D eigenvalue weighted by molar-refractivity contribution is -0.149. The molecule has 0 unspecified atom stereocenters. The van der Waals surface area contributed by atoms with Crippen molar-refractivity contribution in [3.8, 4) is 0 Å². The maximum atomic E-state index is 12.4. The van der Waals surface area contributed by atoms with Crippen LogP contribution in [0.25, 0.3) is 0 Å². The molecule has 0 spiro atoms. The van der Waals surface area contributed by atoms with Crippen LogP contribution >= 0.6 is 0 Å². The largest absolute Gasteiger partial charge is 0.465 e. The fourth-order valence-corrected chi connectivity index (χ4v) is 2.21. The molecule has 1 aliphatic rings. The second kappa shape index (κ2) is 6.07. The number of hydrogen-bond donors (Lipinski definition) is 0. The molecular formula is C14H21N3O3. The Hall–Kier alpha value is -1.85. The SMILES string of the molecule is CCOC(=O)CN(C(=O)Cn1nc(C)cc1C)C1CC1. The summed E-state index contributed by atoms with van der Waals surface area (Å²) < 4.78 is 6.60. The van der Waals surface area contributed by atoms with Crippen LogP contribution in [0.3, 0.4) is 0 Å². The number of nitrogens with zero attached hydrogens (tertiary/aromatic N) is 3. The van der Waals surface area contributed by atoms with Crippen molar-refractivity contribution in [3.05, 3.63) is 17.5 Å². The zero-order valence-electron chi connectivity index (χ0n) is 12.3. The minimum absolute atomic E-state index is 0.0383. The second-order valence-electron chi connectivity index (χ2n) is 5.14. The highest BCUT2D eigenvalue weighted by Gasteiger charge is 2.34. The molecule has 0 aliphatic heterocycles. The zero-order valence-corrected chi connectivity index (χ0v) is 12.3. The average molecular weight is 279 g/mol. The Morgan fingerprint density at radius 2 is 2.15 bits per heavy atom. The number of aromatic nitrogens is 2. The number of rotatable bonds is 6. The van der Waals surface area contributed by atoms with Gasteiger partial charge in [-0.05, 0) is 39.7 Å². The standard InChI is InChI=1S/C14H21N3O3/c1-4-20-14(19)9-16(12-5-6-12)13(18)8-17-11(3)7-10(2)15-17/h7,12H,4-6,8-9H2,1-3H3. The third-order valence-electron chi connectivity index (χ3n) is 3.30. The Labute approximate surface area is 118 Å². The highest BCUT2D eigenvalue weighted by atomic mass is 16.5. The Morgan fingerprint density at radius 1 is 1.45 bits per heavy atom. The first-order valence-corrected chi connectivity index (χ1v) is 6.97. The van der Waals surface area contributed by atoms with E-state index in [-0.39, 0.29) is 31.0 Å². The zero-order chi connectivity index (χ0) is 14.7. The lowest BCUT2D eigenvalue weighted by atomic mass is 10.4. The summed E-state index contributed by atoms with van der Waals surface area (Å²) in [5.41, 5.74) is 1.83. The van der Waals surface area contributed by atoms with Crippen LogP contribution in [0.4, 0.5) is 0 Å². The first-order valence-electron chi connectivity index (χ1n) is 6.97. The molecule has 1 saturated carbocycles. The molecule has 2 rings (SSSR count). The molecule has 110 valence electrons. The molecule has 0 atom stereocenters. The van der Waals surface area contributed by atoms with Crippen molar-refractivity contribution < 1.29 is 14.3 Å². The topological polar surface area (TPSA) is 64.4 Å². The van der Waals surface area contributed by atoms with Gasteiger partial charge in [0.25, 0.3) is 0 Å². The predicted molar refractivity (Wildman–Crippen MR) is 73.1 cm³/mol. The van der Waals surface area contributed by atoms with Crippen molar-refractivity contribution in [1.29, 1.82) is 0 Å². The number of ether oxygens (including phenoxy) is 1. The minimum Gasteiger partial charge on any atom is -0.465 e. The molecule has 1 aromatic rings. The van der Waals surface area contributed by atoms with Gasteiger partial charge in [0.1, 0.15) is 13.1 Å². The molecule has 0 aromatic carbocycles. The van der Waals surface area contributed by atoms with E-state index in [4.69, 9.17) is 4.74 Å². The minimum atomic E-state index is -0.346. The quantitative estimate of drug-likeness (QED) is 0.730. The third-order valence-corrected chi connectivity index (χ3v) is 3.30. The molecule has 0 radical (unpaired) electrons. The van der Waals surface area contributed by atoms with Crippen LogP contribution in [-0.2, 0) is 20.9 Å². The number of hydrogen-bond acceptors (Lipinski definition) is 4. The van der Waals surface area contributed by atoms with Gasteiger partial charge in [0.05, 0.1) is 12.3 Å². The lowest BCUT2D eigenvalue weighted by Crippen LogP contribution is -2.40. The summed E-state index contributed by atoms with van der Waals surface area (Å²) in [6, 6.07) is 2.11. The van der Waals surface area contributed by atoms with E-state index in [1.807, 2.05) is 19.9 Å². The smallest absolute Gasteiger partial charge is 0.325 e. The van der Waals surface area contributed by atoms with E-state index in [2.05, 4.69) is 5.10 Å². The highest BCUT2D eigenvalue weighted by Crippen LogP contribution is 2.27. The van der Waals surface area contributed by atoms with Gasteiger partial charge in [0, 0.05) is 11.7 Å². The molecule has 0 bridgehead atoms. The van der Waals surface area contributed by atoms with Gasteiger partial charge < -0.3 is 9.64 Å². The molecule has 1 fully saturated rings. The molecule has 0 saturated heterocycles. The average Bonchev–Trinajstić information content (AvgIpc) is 3.14. The summed E-state index contributed by atoms with van der Waals surface area (Å²) in [7, 11) is 0. The Morgan fingerprint density at radius 3 is 2.65 bits per heavy atom. The highest BCUT2D eigenvalue weighted by molar-refractivity contribution is 5.82. The Kier molecular flexibility index (Phi) is 4.42. The molecule has 0 N–H and O–H groups in total. The van der Waals surface area contributed by atoms with Crippen molar-refractivity contribution in [2.75, 3.05) is 13.2 Å². The van der Waals surface area contributed by atoms with Crippen LogP contribution < -0.4 is 0 Å². The van der Waals surface area contributed by atoms with Gasteiger partial charge in [0.2, 0.25) is 5.91 Å². The summed E-state index contributed by atoms with van der Waals surface area (Å²) in [5.74, 6) is -0.423. The molecule has 1 amide bonds. The molecule has 6 heteroatoms. The van der Waals surface area contributed by atoms with Crippen molar-refractivity contribution >= 4 is 11.9 Å². The van der Waals surface area contributed by atoms with Crippen molar-refractivity contribution in [2.45, 2.75) is 46.2 Å². The van der Waals surface area contributed by atoms with Gasteiger partial charge >= 0.3 is 5.97 Å². The monoisotopic (exact) mass is 279 g/mol. The van der Waals surface area contributed by atoms with Gasteiger partial charge in [0.15, 0.2) is 0 Å². The van der Waals surface area contributed by atoms with Gasteiger partial charge in [-0.25, -0.2) is 0 Å². The van der Waals surface area contributed by atoms with Crippen molar-refractivity contribution in [3.63, 3.8) is 0 Å². The molecule has 1 aromatic heterocycles. The van der Waals surface area contributed by atoms with E-state index < -0.39 is 0 Å². The van der Waals surface area contributed by atoms with E-state index in [0.29, 0.717) is 6.61 Å². The van der Waals surface area contributed by atoms with E-state index in [1.54, 1.807) is 16.5 Å². The number of carbonyl (C=O) groups excluding carboxylic acids is 2. The van der Waals surface area contributed by atoms with E-state index >= 15 is 0 Å². The van der Waals surface area contributed by atoms with Crippen LogP contribution in [-0.4, -0.2) is 45.8 Å². The van der Waals surface area contributed by atoms with Crippen molar-refractivity contribution in [1.82, 2.24) is 14.7 Å². The summed E-state index contributed by atoms with van der Waals surface area (Å²) in [6.07, 6.45) is 1.92. The predicted octanol–water partition coefficient (Wildman–Crippen LogP) is 1.05. The number of amides is 1. The first kappa shape index (κ1) is 14.6. The number of esters is 1. The Bertz CT molecular complexity index is 506. The second-order valence-corrected chi connectivity index (χ2v) is 5.14. The maximum absolute atomic E-state index is 12.4. The van der Waals surface area contributed by atoms with Gasteiger partial charge in [-0.15, -0.1) is 0 Å². The van der Waals surface area contributed by atoms with Gasteiger partial charge in [-0.1, -0.05) is 0 Å². The number of aryl methyl sites for hydroxylation is 2. The van der Waals surface area contributed by atoms with Crippen LogP contribution in [0.5, 0.6) is 0 Å². The molecule has 1 aliphatic carbocycles. The molecule has 20 heavy (non-hydrogen) atoms. The third kappa shape index (κ3) is 3.59. The fourth-order valence-electron chi connectivity index (χ4n) is 2.21. The number of carbonyl (C=O) groups is 2. The van der Waals surface area contributed by atoms with E-state index in [9.17, 15) is 9.59 Å². The van der Waals surface area contributed by atoms with Crippen LogP contribution in [0, 0.1) is 13.8 Å². The van der Waals surface area contributed by atoms with Crippen LogP contribution in [0.1, 0.15) is 31.2 Å².